The van der Waals surface area contributed by atoms with E-state index in [2.05, 4.69) is 47.9 Å². The molecule has 0 aliphatic rings. The molecule has 0 fully saturated rings. The van der Waals surface area contributed by atoms with E-state index in [-0.39, 0.29) is 24.8 Å². The van der Waals surface area contributed by atoms with Gasteiger partial charge in [0.25, 0.3) is 0 Å². The third-order valence-electron chi connectivity index (χ3n) is 9.94. The number of hydrogen-bond donors (Lipinski definition) is 11. The summed E-state index contributed by atoms with van der Waals surface area (Å²) >= 11 is 1.44. The molecule has 0 heterocycles. The molecule has 0 rings (SSSR count). The lowest BCUT2D eigenvalue weighted by molar-refractivity contribution is -0.142. The molecule has 0 aromatic carbocycles. The van der Waals surface area contributed by atoms with Gasteiger partial charge in [-0.15, -0.1) is 0 Å². The first kappa shape index (κ1) is 58.0. The van der Waals surface area contributed by atoms with Gasteiger partial charge in [0.1, 0.15) is 42.3 Å². The van der Waals surface area contributed by atoms with E-state index < -0.39 is 132 Å². The number of hydrogen-bond acceptors (Lipinski definition) is 12. The molecule has 0 unspecified atom stereocenters. The molecule has 0 aliphatic heterocycles. The Morgan fingerprint density at radius 1 is 0.524 bits per heavy atom. The Bertz CT molecular complexity index is 1580. The number of thioether (sulfide) groups is 1. The molecule has 360 valence electrons. The zero-order chi connectivity index (χ0) is 48.7. The van der Waals surface area contributed by atoms with E-state index in [1.165, 1.54) is 18.7 Å². The molecule has 0 radical (unpaired) electrons. The van der Waals surface area contributed by atoms with Gasteiger partial charge in [-0.05, 0) is 61.4 Å². The summed E-state index contributed by atoms with van der Waals surface area (Å²) in [5.74, 6) is -8.57. The second kappa shape index (κ2) is 29.4. The van der Waals surface area contributed by atoms with Crippen LogP contribution in [0.25, 0.3) is 0 Å². The minimum Gasteiger partial charge on any atom is -0.480 e. The smallest absolute Gasteiger partial charge is 0.325 e. The molecule has 22 heteroatoms. The Balaban J connectivity index is 5.61. The summed E-state index contributed by atoms with van der Waals surface area (Å²) in [5.41, 5.74) is 5.42. The third-order valence-corrected chi connectivity index (χ3v) is 10.6. The average molecular weight is 915 g/mol. The van der Waals surface area contributed by atoms with Crippen molar-refractivity contribution in [1.29, 1.82) is 0 Å². The Labute approximate surface area is 375 Å². The minimum atomic E-state index is -1.25. The van der Waals surface area contributed by atoms with Crippen LogP contribution in [0.3, 0.4) is 0 Å². The van der Waals surface area contributed by atoms with E-state index in [4.69, 9.17) is 5.73 Å². The average Bonchev–Trinajstić information content (AvgIpc) is 3.20. The van der Waals surface area contributed by atoms with Gasteiger partial charge in [0.15, 0.2) is 0 Å². The topological polar surface area (TPSA) is 325 Å². The minimum absolute atomic E-state index is 0.0307. The summed E-state index contributed by atoms with van der Waals surface area (Å²) in [4.78, 5) is 129. The number of carboxylic acids is 1. The maximum Gasteiger partial charge on any atom is 0.325 e. The summed E-state index contributed by atoms with van der Waals surface area (Å²) in [7, 11) is 0. The standard InChI is InChI=1S/C41H74N10O11S/c1-13-24(10)34(40(60)45-25(11)41(61)62)51-39(59)33(23(8)9)50-38(58)32(22(6)7)48-30(54)19-43-29(53)18-44-37(57)31(21(4)5)49-35(55)26(14-15-63-12)47-36(56)27(16-20(2)3)46-28(52)17-42/h20-27,31-34H,13-19,42H2,1-12H3,(H,43,53)(H,44,57)(H,45,60)(H,46,52)(H,47,56)(H,48,54)(H,49,55)(H,50,58)(H,51,59)(H,61,62)/t24-,25+,26+,27+,31-,32-,33+,34+/m1/s1. The zero-order valence-corrected chi connectivity index (χ0v) is 39.7. The van der Waals surface area contributed by atoms with E-state index in [1.54, 1.807) is 55.4 Å². The van der Waals surface area contributed by atoms with Crippen LogP contribution in [-0.4, -0.2) is 138 Å². The number of carboxylic acid groups (broad SMARTS) is 1. The van der Waals surface area contributed by atoms with Crippen molar-refractivity contribution in [3.8, 4) is 0 Å². The number of nitrogens with two attached hydrogens (primary N) is 1. The highest BCUT2D eigenvalue weighted by molar-refractivity contribution is 7.98. The zero-order valence-electron chi connectivity index (χ0n) is 38.9. The molecule has 0 saturated heterocycles. The summed E-state index contributed by atoms with van der Waals surface area (Å²) in [6.45, 7) is 17.1. The predicted octanol–water partition coefficient (Wildman–Crippen LogP) is -1.51. The number of amides is 9. The van der Waals surface area contributed by atoms with Gasteiger partial charge >= 0.3 is 5.97 Å². The van der Waals surface area contributed by atoms with E-state index in [0.29, 0.717) is 18.6 Å². The molecule has 0 aromatic rings. The van der Waals surface area contributed by atoms with Crippen molar-refractivity contribution in [3.05, 3.63) is 0 Å². The molecule has 9 amide bonds. The van der Waals surface area contributed by atoms with E-state index in [1.807, 2.05) is 20.1 Å². The SMILES string of the molecule is CC[C@@H](C)[C@H](NC(=O)[C@@H](NC(=O)[C@H](NC(=O)CNC(=O)CNC(=O)[C@H](NC(=O)[C@H](CCSC)NC(=O)[C@H](CC(C)C)NC(=O)CN)C(C)C)C(C)C)C(C)C)C(=O)N[C@@H](C)C(=O)O. The highest BCUT2D eigenvalue weighted by Gasteiger charge is 2.35. The van der Waals surface area contributed by atoms with Crippen LogP contribution in [0.4, 0.5) is 0 Å². The van der Waals surface area contributed by atoms with Crippen molar-refractivity contribution in [2.24, 2.45) is 35.3 Å². The van der Waals surface area contributed by atoms with Crippen molar-refractivity contribution in [1.82, 2.24) is 47.9 Å². The number of aliphatic carboxylic acids is 1. The lowest BCUT2D eigenvalue weighted by Crippen LogP contribution is -2.61. The predicted molar refractivity (Wildman–Crippen MR) is 238 cm³/mol. The van der Waals surface area contributed by atoms with Crippen molar-refractivity contribution in [2.45, 2.75) is 138 Å². The van der Waals surface area contributed by atoms with Crippen molar-refractivity contribution < 1.29 is 53.1 Å². The molecule has 0 spiro atoms. The maximum absolute atomic E-state index is 13.5. The molecule has 0 bridgehead atoms. The van der Waals surface area contributed by atoms with Gasteiger partial charge in [0.05, 0.1) is 19.6 Å². The van der Waals surface area contributed by atoms with E-state index in [9.17, 15) is 53.1 Å². The molecule has 8 atom stereocenters. The second-order valence-corrected chi connectivity index (χ2v) is 18.0. The van der Waals surface area contributed by atoms with Gasteiger partial charge in [-0.25, -0.2) is 0 Å². The second-order valence-electron chi connectivity index (χ2n) is 17.0. The van der Waals surface area contributed by atoms with Crippen molar-refractivity contribution in [3.63, 3.8) is 0 Å². The Morgan fingerprint density at radius 2 is 0.984 bits per heavy atom. The van der Waals surface area contributed by atoms with Crippen LogP contribution in [0.5, 0.6) is 0 Å². The first-order valence-corrected chi connectivity index (χ1v) is 22.8. The molecular formula is C41H74N10O11S. The first-order valence-electron chi connectivity index (χ1n) is 21.4. The molecule has 0 saturated carbocycles. The van der Waals surface area contributed by atoms with Gasteiger partial charge < -0.3 is 58.7 Å². The fourth-order valence-electron chi connectivity index (χ4n) is 5.89. The van der Waals surface area contributed by atoms with Gasteiger partial charge in [0.2, 0.25) is 53.2 Å². The van der Waals surface area contributed by atoms with Crippen molar-refractivity contribution >= 4 is 70.9 Å². The highest BCUT2D eigenvalue weighted by Crippen LogP contribution is 2.13. The van der Waals surface area contributed by atoms with Crippen LogP contribution in [0.2, 0.25) is 0 Å². The van der Waals surface area contributed by atoms with Crippen LogP contribution in [0.15, 0.2) is 0 Å². The third kappa shape index (κ3) is 21.8. The Kier molecular flexibility index (Phi) is 27.1. The Hall–Kier alpha value is -4.99. The molecule has 63 heavy (non-hydrogen) atoms. The number of carbonyl (C=O) groups excluding carboxylic acids is 9. The Morgan fingerprint density at radius 3 is 1.46 bits per heavy atom. The van der Waals surface area contributed by atoms with Crippen LogP contribution in [-0.2, 0) is 47.9 Å². The van der Waals surface area contributed by atoms with Gasteiger partial charge in [0, 0.05) is 0 Å². The monoisotopic (exact) mass is 915 g/mol. The van der Waals surface area contributed by atoms with Crippen molar-refractivity contribution in [2.75, 3.05) is 31.6 Å². The van der Waals surface area contributed by atoms with Crippen LogP contribution in [0.1, 0.15) is 95.4 Å². The lowest BCUT2D eigenvalue weighted by Gasteiger charge is -2.30. The van der Waals surface area contributed by atoms with Gasteiger partial charge in [-0.1, -0.05) is 75.7 Å². The largest absolute Gasteiger partial charge is 0.480 e. The summed E-state index contributed by atoms with van der Waals surface area (Å²) in [5, 5.41) is 32.2. The highest BCUT2D eigenvalue weighted by atomic mass is 32.2. The fourth-order valence-corrected chi connectivity index (χ4v) is 6.36. The van der Waals surface area contributed by atoms with Crippen LogP contribution < -0.4 is 53.6 Å². The molecule has 0 aliphatic carbocycles. The van der Waals surface area contributed by atoms with Crippen LogP contribution >= 0.6 is 11.8 Å². The molecular weight excluding hydrogens is 841 g/mol. The summed E-state index contributed by atoms with van der Waals surface area (Å²) in [6, 6.07) is -7.71. The van der Waals surface area contributed by atoms with Gasteiger partial charge in [-0.2, -0.15) is 11.8 Å². The number of carbonyl (C=O) groups is 10. The molecule has 21 nitrogen and oxygen atoms in total. The fraction of sp³-hybridized carbons (Fsp3) is 0.756. The first-order chi connectivity index (χ1) is 29.3. The molecule has 0 aromatic heterocycles. The van der Waals surface area contributed by atoms with E-state index in [0.717, 1.165) is 0 Å². The quantitative estimate of drug-likeness (QED) is 0.0407. The van der Waals surface area contributed by atoms with Crippen LogP contribution in [0, 0.1) is 29.6 Å². The normalized spacial score (nSPS) is 15.1. The summed E-state index contributed by atoms with van der Waals surface area (Å²) < 4.78 is 0. The number of nitrogens with one attached hydrogen (secondary N) is 9. The lowest BCUT2D eigenvalue weighted by atomic mass is 9.95. The maximum atomic E-state index is 13.5. The number of rotatable bonds is 29. The molecule has 12 N–H and O–H groups in total. The summed E-state index contributed by atoms with van der Waals surface area (Å²) in [6.07, 6.45) is 2.82. The van der Waals surface area contributed by atoms with Gasteiger partial charge in [-0.3, -0.25) is 47.9 Å². The van der Waals surface area contributed by atoms with E-state index >= 15 is 0 Å².